The maximum absolute atomic E-state index is 11.9. The number of benzene rings is 2. The molecule has 0 saturated heterocycles. The van der Waals surface area contributed by atoms with Crippen LogP contribution in [0.1, 0.15) is 36.7 Å². The molecule has 0 radical (unpaired) electrons. The van der Waals surface area contributed by atoms with Crippen molar-refractivity contribution in [2.24, 2.45) is 0 Å². The van der Waals surface area contributed by atoms with Crippen LogP contribution in [-0.2, 0) is 10.2 Å². The van der Waals surface area contributed by atoms with Crippen molar-refractivity contribution in [1.82, 2.24) is 5.32 Å². The van der Waals surface area contributed by atoms with Crippen molar-refractivity contribution in [1.29, 1.82) is 0 Å². The molecule has 0 bridgehead atoms. The SMILES string of the molecule is CC(C)(C)c1ccc(OCCNC(=O)COc2ccc([N+](=O)[O-])cc2C=O)cc1. The summed E-state index contributed by atoms with van der Waals surface area (Å²) in [4.78, 5) is 33.0. The first-order valence-electron chi connectivity index (χ1n) is 9.07. The molecule has 0 aliphatic heterocycles. The Kier molecular flexibility index (Phi) is 7.30. The van der Waals surface area contributed by atoms with Gasteiger partial charge in [0, 0.05) is 12.1 Å². The predicted molar refractivity (Wildman–Crippen MR) is 108 cm³/mol. The summed E-state index contributed by atoms with van der Waals surface area (Å²) in [6.07, 6.45) is 0.443. The largest absolute Gasteiger partial charge is 0.492 e. The summed E-state index contributed by atoms with van der Waals surface area (Å²) in [5.74, 6) is 0.424. The fraction of sp³-hybridized carbons (Fsp3) is 0.333. The van der Waals surface area contributed by atoms with E-state index >= 15 is 0 Å². The standard InChI is InChI=1S/C21H24N2O6/c1-21(2,3)16-4-7-18(8-5-16)28-11-10-22-20(25)14-29-19-9-6-17(23(26)27)12-15(19)13-24/h4-9,12-13H,10-11,14H2,1-3H3,(H,22,25). The highest BCUT2D eigenvalue weighted by Gasteiger charge is 2.14. The second-order valence-corrected chi connectivity index (χ2v) is 7.36. The fourth-order valence-corrected chi connectivity index (χ4v) is 2.48. The zero-order chi connectivity index (χ0) is 21.4. The Morgan fingerprint density at radius 3 is 2.41 bits per heavy atom. The van der Waals surface area contributed by atoms with E-state index in [-0.39, 0.29) is 42.2 Å². The van der Waals surface area contributed by atoms with E-state index in [4.69, 9.17) is 9.47 Å². The van der Waals surface area contributed by atoms with Gasteiger partial charge in [-0.05, 0) is 29.2 Å². The molecule has 8 heteroatoms. The van der Waals surface area contributed by atoms with Gasteiger partial charge in [-0.15, -0.1) is 0 Å². The van der Waals surface area contributed by atoms with Gasteiger partial charge < -0.3 is 14.8 Å². The topological polar surface area (TPSA) is 108 Å². The first-order chi connectivity index (χ1) is 13.7. The average molecular weight is 400 g/mol. The summed E-state index contributed by atoms with van der Waals surface area (Å²) in [7, 11) is 0. The molecule has 1 N–H and O–H groups in total. The van der Waals surface area contributed by atoms with Crippen LogP contribution in [0.5, 0.6) is 11.5 Å². The van der Waals surface area contributed by atoms with Crippen molar-refractivity contribution in [2.75, 3.05) is 19.8 Å². The Hall–Kier alpha value is -3.42. The molecule has 2 rings (SSSR count). The molecular formula is C21H24N2O6. The molecule has 0 saturated carbocycles. The molecule has 0 aliphatic rings. The fourth-order valence-electron chi connectivity index (χ4n) is 2.48. The number of rotatable bonds is 9. The molecule has 1 amide bonds. The molecule has 0 aliphatic carbocycles. The number of carbonyl (C=O) groups is 2. The lowest BCUT2D eigenvalue weighted by molar-refractivity contribution is -0.384. The van der Waals surface area contributed by atoms with Crippen LogP contribution >= 0.6 is 0 Å². The minimum Gasteiger partial charge on any atom is -0.492 e. The Morgan fingerprint density at radius 1 is 1.14 bits per heavy atom. The van der Waals surface area contributed by atoms with E-state index in [0.717, 1.165) is 6.07 Å². The summed E-state index contributed by atoms with van der Waals surface area (Å²) in [6, 6.07) is 11.4. The van der Waals surface area contributed by atoms with E-state index < -0.39 is 10.8 Å². The van der Waals surface area contributed by atoms with Gasteiger partial charge in [0.25, 0.3) is 11.6 Å². The lowest BCUT2D eigenvalue weighted by Gasteiger charge is -2.19. The summed E-state index contributed by atoms with van der Waals surface area (Å²) >= 11 is 0. The second kappa shape index (κ2) is 9.68. The minimum absolute atomic E-state index is 0.00837. The molecule has 29 heavy (non-hydrogen) atoms. The quantitative estimate of drug-likeness (QED) is 0.300. The number of nitrogens with zero attached hydrogens (tertiary/aromatic N) is 1. The third kappa shape index (κ3) is 6.60. The van der Waals surface area contributed by atoms with E-state index in [1.807, 2.05) is 24.3 Å². The van der Waals surface area contributed by atoms with Crippen LogP contribution in [-0.4, -0.2) is 36.9 Å². The van der Waals surface area contributed by atoms with Crippen LogP contribution in [0.3, 0.4) is 0 Å². The highest BCUT2D eigenvalue weighted by atomic mass is 16.6. The molecule has 0 fully saturated rings. The molecule has 0 unspecified atom stereocenters. The molecule has 154 valence electrons. The van der Waals surface area contributed by atoms with Gasteiger partial charge in [-0.2, -0.15) is 0 Å². The summed E-state index contributed by atoms with van der Waals surface area (Å²) < 4.78 is 10.9. The summed E-state index contributed by atoms with van der Waals surface area (Å²) in [5, 5.41) is 13.4. The van der Waals surface area contributed by atoms with Crippen LogP contribution in [0.25, 0.3) is 0 Å². The van der Waals surface area contributed by atoms with E-state index in [1.54, 1.807) is 0 Å². The maximum atomic E-state index is 11.9. The smallest absolute Gasteiger partial charge is 0.270 e. The third-order valence-corrected chi connectivity index (χ3v) is 4.10. The average Bonchev–Trinajstić information content (AvgIpc) is 2.69. The van der Waals surface area contributed by atoms with Gasteiger partial charge in [0.15, 0.2) is 12.9 Å². The highest BCUT2D eigenvalue weighted by Crippen LogP contribution is 2.24. The van der Waals surface area contributed by atoms with Crippen molar-refractivity contribution in [3.63, 3.8) is 0 Å². The van der Waals surface area contributed by atoms with Crippen molar-refractivity contribution in [3.8, 4) is 11.5 Å². The van der Waals surface area contributed by atoms with Gasteiger partial charge in [-0.25, -0.2) is 0 Å². The minimum atomic E-state index is -0.611. The predicted octanol–water partition coefficient (Wildman–Crippen LogP) is 3.28. The van der Waals surface area contributed by atoms with Crippen LogP contribution < -0.4 is 14.8 Å². The van der Waals surface area contributed by atoms with Gasteiger partial charge in [-0.3, -0.25) is 19.7 Å². The van der Waals surface area contributed by atoms with Gasteiger partial charge >= 0.3 is 0 Å². The molecule has 0 spiro atoms. The van der Waals surface area contributed by atoms with E-state index in [0.29, 0.717) is 12.0 Å². The van der Waals surface area contributed by atoms with E-state index in [9.17, 15) is 19.7 Å². The van der Waals surface area contributed by atoms with Crippen molar-refractivity contribution in [2.45, 2.75) is 26.2 Å². The molecule has 0 atom stereocenters. The number of non-ortho nitro benzene ring substituents is 1. The number of hydrogen-bond acceptors (Lipinski definition) is 6. The molecule has 0 aromatic heterocycles. The van der Waals surface area contributed by atoms with E-state index in [1.165, 1.54) is 17.7 Å². The van der Waals surface area contributed by atoms with Crippen molar-refractivity contribution < 1.29 is 24.0 Å². The molecule has 2 aromatic rings. The lowest BCUT2D eigenvalue weighted by Crippen LogP contribution is -2.32. The number of amides is 1. The molecular weight excluding hydrogens is 376 g/mol. The summed E-state index contributed by atoms with van der Waals surface area (Å²) in [5.41, 5.74) is 1.06. The van der Waals surface area contributed by atoms with Crippen molar-refractivity contribution >= 4 is 17.9 Å². The van der Waals surface area contributed by atoms with Crippen LogP contribution in [0.15, 0.2) is 42.5 Å². The van der Waals surface area contributed by atoms with Crippen molar-refractivity contribution in [3.05, 3.63) is 63.7 Å². The summed E-state index contributed by atoms with van der Waals surface area (Å²) in [6.45, 7) is 6.65. The van der Waals surface area contributed by atoms with Crippen LogP contribution in [0.2, 0.25) is 0 Å². The Balaban J connectivity index is 1.75. The van der Waals surface area contributed by atoms with Crippen LogP contribution in [0, 0.1) is 10.1 Å². The zero-order valence-electron chi connectivity index (χ0n) is 16.6. The second-order valence-electron chi connectivity index (χ2n) is 7.36. The maximum Gasteiger partial charge on any atom is 0.270 e. The molecule has 8 nitrogen and oxygen atoms in total. The number of nitrogens with one attached hydrogen (secondary N) is 1. The number of ether oxygens (including phenoxy) is 2. The Bertz CT molecular complexity index is 872. The number of nitro benzene ring substituents is 1. The normalized spacial score (nSPS) is 10.9. The van der Waals surface area contributed by atoms with Gasteiger partial charge in [0.1, 0.15) is 18.1 Å². The van der Waals surface area contributed by atoms with Crippen LogP contribution in [0.4, 0.5) is 5.69 Å². The highest BCUT2D eigenvalue weighted by molar-refractivity contribution is 5.81. The van der Waals surface area contributed by atoms with Gasteiger partial charge in [0.2, 0.25) is 0 Å². The molecule has 0 heterocycles. The number of aldehydes is 1. The number of nitro groups is 1. The number of carbonyl (C=O) groups excluding carboxylic acids is 2. The molecule has 2 aromatic carbocycles. The Morgan fingerprint density at radius 2 is 1.83 bits per heavy atom. The Labute approximate surface area is 169 Å². The first-order valence-corrected chi connectivity index (χ1v) is 9.07. The van der Waals surface area contributed by atoms with Gasteiger partial charge in [0.05, 0.1) is 17.0 Å². The zero-order valence-corrected chi connectivity index (χ0v) is 16.6. The third-order valence-electron chi connectivity index (χ3n) is 4.10. The lowest BCUT2D eigenvalue weighted by atomic mass is 9.87. The first kappa shape index (κ1) is 21.9. The number of hydrogen-bond donors (Lipinski definition) is 1. The monoisotopic (exact) mass is 400 g/mol. The van der Waals surface area contributed by atoms with Gasteiger partial charge in [-0.1, -0.05) is 32.9 Å². The van der Waals surface area contributed by atoms with E-state index in [2.05, 4.69) is 26.1 Å².